The highest BCUT2D eigenvalue weighted by atomic mass is 32.1. The Hall–Kier alpha value is -2.20. The van der Waals surface area contributed by atoms with E-state index in [1.807, 2.05) is 30.3 Å². The van der Waals surface area contributed by atoms with Crippen LogP contribution in [0.1, 0.15) is 35.7 Å². The fourth-order valence-corrected chi connectivity index (χ4v) is 3.05. The molecular formula is C18H18N2OS. The first-order valence-electron chi connectivity index (χ1n) is 7.50. The number of nitrogens with zero attached hydrogens (tertiary/aromatic N) is 1. The predicted octanol–water partition coefficient (Wildman–Crippen LogP) is 4.89. The summed E-state index contributed by atoms with van der Waals surface area (Å²) in [6.07, 6.45) is 3.48. The zero-order valence-corrected chi connectivity index (χ0v) is 13.3. The highest BCUT2D eigenvalue weighted by molar-refractivity contribution is 7.16. The van der Waals surface area contributed by atoms with Gasteiger partial charge >= 0.3 is 0 Å². The van der Waals surface area contributed by atoms with Crippen LogP contribution in [0.2, 0.25) is 0 Å². The summed E-state index contributed by atoms with van der Waals surface area (Å²) in [4.78, 5) is 16.5. The second-order valence-electron chi connectivity index (χ2n) is 5.29. The van der Waals surface area contributed by atoms with Crippen molar-refractivity contribution in [2.75, 3.05) is 5.32 Å². The summed E-state index contributed by atoms with van der Waals surface area (Å²) in [5.41, 5.74) is 5.52. The quantitative estimate of drug-likeness (QED) is 0.729. The Labute approximate surface area is 134 Å². The van der Waals surface area contributed by atoms with Crippen LogP contribution in [-0.4, -0.2) is 10.9 Å². The highest BCUT2D eigenvalue weighted by Gasteiger charge is 2.08. The zero-order chi connectivity index (χ0) is 15.4. The van der Waals surface area contributed by atoms with E-state index in [9.17, 15) is 4.79 Å². The minimum absolute atomic E-state index is 0.0865. The molecule has 1 aromatic heterocycles. The standard InChI is InChI=1S/C18H18N2OS/c1-2-3-4-13-5-8-15(9-6-13)20-18(21)14-7-10-16-17(11-14)22-12-19-16/h5-12H,2-4H2,1H3,(H,20,21). The number of nitrogens with one attached hydrogen (secondary N) is 1. The Kier molecular flexibility index (Phi) is 4.49. The predicted molar refractivity (Wildman–Crippen MR) is 92.6 cm³/mol. The van der Waals surface area contributed by atoms with Crippen molar-refractivity contribution < 1.29 is 4.79 Å². The maximum atomic E-state index is 12.3. The van der Waals surface area contributed by atoms with Crippen LogP contribution in [0.25, 0.3) is 10.2 Å². The number of amides is 1. The number of unbranched alkanes of at least 4 members (excludes halogenated alkanes) is 1. The number of thiazole rings is 1. The number of anilines is 1. The third-order valence-corrected chi connectivity index (χ3v) is 4.42. The molecule has 0 aliphatic heterocycles. The van der Waals surface area contributed by atoms with E-state index < -0.39 is 0 Å². The van der Waals surface area contributed by atoms with E-state index in [1.165, 1.54) is 18.4 Å². The molecule has 0 spiro atoms. The van der Waals surface area contributed by atoms with Crippen LogP contribution in [0.4, 0.5) is 5.69 Å². The van der Waals surface area contributed by atoms with Crippen LogP contribution in [0.5, 0.6) is 0 Å². The molecular weight excluding hydrogens is 292 g/mol. The van der Waals surface area contributed by atoms with E-state index in [1.54, 1.807) is 16.8 Å². The number of aromatic nitrogens is 1. The lowest BCUT2D eigenvalue weighted by Gasteiger charge is -2.07. The van der Waals surface area contributed by atoms with Gasteiger partial charge in [0.15, 0.2) is 0 Å². The molecule has 22 heavy (non-hydrogen) atoms. The van der Waals surface area contributed by atoms with Gasteiger partial charge in [-0.05, 0) is 48.7 Å². The molecule has 3 rings (SSSR count). The fourth-order valence-electron chi connectivity index (χ4n) is 2.34. The summed E-state index contributed by atoms with van der Waals surface area (Å²) >= 11 is 1.54. The van der Waals surface area contributed by atoms with E-state index in [0.29, 0.717) is 5.56 Å². The molecule has 1 N–H and O–H groups in total. The van der Waals surface area contributed by atoms with Crippen molar-refractivity contribution in [3.63, 3.8) is 0 Å². The van der Waals surface area contributed by atoms with E-state index >= 15 is 0 Å². The first kappa shape index (κ1) is 14.7. The van der Waals surface area contributed by atoms with Gasteiger partial charge in [-0.2, -0.15) is 0 Å². The SMILES string of the molecule is CCCCc1ccc(NC(=O)c2ccc3ncsc3c2)cc1. The highest BCUT2D eigenvalue weighted by Crippen LogP contribution is 2.20. The molecule has 0 radical (unpaired) electrons. The summed E-state index contributed by atoms with van der Waals surface area (Å²) in [6, 6.07) is 13.7. The average Bonchev–Trinajstić information content (AvgIpc) is 3.01. The zero-order valence-electron chi connectivity index (χ0n) is 12.5. The monoisotopic (exact) mass is 310 g/mol. The molecule has 0 bridgehead atoms. The smallest absolute Gasteiger partial charge is 0.255 e. The fraction of sp³-hybridized carbons (Fsp3) is 0.222. The van der Waals surface area contributed by atoms with Crippen molar-refractivity contribution in [1.82, 2.24) is 4.98 Å². The van der Waals surface area contributed by atoms with Crippen LogP contribution in [0.15, 0.2) is 48.0 Å². The molecule has 0 saturated carbocycles. The molecule has 0 fully saturated rings. The van der Waals surface area contributed by atoms with Crippen molar-refractivity contribution in [3.05, 3.63) is 59.1 Å². The minimum atomic E-state index is -0.0865. The van der Waals surface area contributed by atoms with Gasteiger partial charge in [0.25, 0.3) is 5.91 Å². The lowest BCUT2D eigenvalue weighted by molar-refractivity contribution is 0.102. The Balaban J connectivity index is 1.70. The number of benzene rings is 2. The van der Waals surface area contributed by atoms with E-state index in [2.05, 4.69) is 29.4 Å². The molecule has 4 heteroatoms. The molecule has 1 heterocycles. The summed E-state index contributed by atoms with van der Waals surface area (Å²) < 4.78 is 1.03. The summed E-state index contributed by atoms with van der Waals surface area (Å²) in [5.74, 6) is -0.0865. The largest absolute Gasteiger partial charge is 0.322 e. The average molecular weight is 310 g/mol. The molecule has 1 amide bonds. The van der Waals surface area contributed by atoms with Gasteiger partial charge < -0.3 is 5.32 Å². The first-order valence-corrected chi connectivity index (χ1v) is 8.38. The number of hydrogen-bond acceptors (Lipinski definition) is 3. The second-order valence-corrected chi connectivity index (χ2v) is 6.18. The lowest BCUT2D eigenvalue weighted by atomic mass is 10.1. The minimum Gasteiger partial charge on any atom is -0.322 e. The molecule has 3 nitrogen and oxygen atoms in total. The van der Waals surface area contributed by atoms with Gasteiger partial charge in [-0.25, -0.2) is 4.98 Å². The molecule has 0 unspecified atom stereocenters. The molecule has 2 aromatic carbocycles. The van der Waals surface area contributed by atoms with Crippen molar-refractivity contribution in [2.45, 2.75) is 26.2 Å². The Morgan fingerprint density at radius 2 is 2.00 bits per heavy atom. The lowest BCUT2D eigenvalue weighted by Crippen LogP contribution is -2.11. The topological polar surface area (TPSA) is 42.0 Å². The van der Waals surface area contributed by atoms with Crippen LogP contribution in [0, 0.1) is 0 Å². The molecule has 3 aromatic rings. The van der Waals surface area contributed by atoms with Gasteiger partial charge in [0.2, 0.25) is 0 Å². The van der Waals surface area contributed by atoms with Gasteiger partial charge in [0.05, 0.1) is 15.7 Å². The summed E-state index contributed by atoms with van der Waals surface area (Å²) in [6.45, 7) is 2.19. The van der Waals surface area contributed by atoms with Crippen LogP contribution >= 0.6 is 11.3 Å². The van der Waals surface area contributed by atoms with Gasteiger partial charge in [-0.15, -0.1) is 11.3 Å². The third-order valence-electron chi connectivity index (χ3n) is 3.62. The van der Waals surface area contributed by atoms with Crippen LogP contribution < -0.4 is 5.32 Å². The molecule has 0 aliphatic carbocycles. The first-order chi connectivity index (χ1) is 10.8. The third kappa shape index (κ3) is 3.34. The van der Waals surface area contributed by atoms with E-state index in [0.717, 1.165) is 22.3 Å². The molecule has 0 atom stereocenters. The van der Waals surface area contributed by atoms with Gasteiger partial charge in [0, 0.05) is 11.3 Å². The Bertz CT molecular complexity index is 777. The van der Waals surface area contributed by atoms with E-state index in [4.69, 9.17) is 0 Å². The number of carbonyl (C=O) groups excluding carboxylic acids is 1. The van der Waals surface area contributed by atoms with Gasteiger partial charge in [-0.1, -0.05) is 25.5 Å². The van der Waals surface area contributed by atoms with Crippen molar-refractivity contribution in [3.8, 4) is 0 Å². The molecule has 0 saturated heterocycles. The number of hydrogen-bond donors (Lipinski definition) is 1. The van der Waals surface area contributed by atoms with Gasteiger partial charge in [-0.3, -0.25) is 4.79 Å². The van der Waals surface area contributed by atoms with Crippen LogP contribution in [0.3, 0.4) is 0 Å². The number of rotatable bonds is 5. The maximum Gasteiger partial charge on any atom is 0.255 e. The maximum absolute atomic E-state index is 12.3. The summed E-state index contributed by atoms with van der Waals surface area (Å²) in [7, 11) is 0. The van der Waals surface area contributed by atoms with Gasteiger partial charge in [0.1, 0.15) is 0 Å². The number of fused-ring (bicyclic) bond motifs is 1. The normalized spacial score (nSPS) is 10.8. The Morgan fingerprint density at radius 3 is 2.77 bits per heavy atom. The second kappa shape index (κ2) is 6.71. The van der Waals surface area contributed by atoms with Crippen LogP contribution in [-0.2, 0) is 6.42 Å². The number of aryl methyl sites for hydroxylation is 1. The van der Waals surface area contributed by atoms with E-state index in [-0.39, 0.29) is 5.91 Å². The molecule has 0 aliphatic rings. The molecule has 112 valence electrons. The van der Waals surface area contributed by atoms with Crippen molar-refractivity contribution in [2.24, 2.45) is 0 Å². The number of carbonyl (C=O) groups is 1. The summed E-state index contributed by atoms with van der Waals surface area (Å²) in [5, 5.41) is 2.94. The van der Waals surface area contributed by atoms with Crippen molar-refractivity contribution >= 4 is 33.1 Å². The van der Waals surface area contributed by atoms with Crippen molar-refractivity contribution in [1.29, 1.82) is 0 Å². The Morgan fingerprint density at radius 1 is 1.18 bits per heavy atom.